The summed E-state index contributed by atoms with van der Waals surface area (Å²) in [6, 6.07) is 17.0. The van der Waals surface area contributed by atoms with Gasteiger partial charge in [0.05, 0.1) is 0 Å². The Bertz CT molecular complexity index is 1070. The maximum atomic E-state index is 12.9. The molecule has 2 atom stereocenters. The molecule has 172 valence electrons. The van der Waals surface area contributed by atoms with Gasteiger partial charge in [-0.25, -0.2) is 4.98 Å². The van der Waals surface area contributed by atoms with Gasteiger partial charge in [0.1, 0.15) is 23.1 Å². The number of hydrogen-bond donors (Lipinski definition) is 2. The minimum absolute atomic E-state index is 0.0967. The second kappa shape index (κ2) is 11.1. The lowest BCUT2D eigenvalue weighted by Gasteiger charge is -2.32. The number of nitrogens with one attached hydrogen (secondary N) is 2. The number of rotatable bonds is 8. The number of ether oxygens (including phenoxy) is 1. The van der Waals surface area contributed by atoms with E-state index in [1.54, 1.807) is 5.38 Å². The lowest BCUT2D eigenvalue weighted by molar-refractivity contribution is 0.0860. The summed E-state index contributed by atoms with van der Waals surface area (Å²) in [4.78, 5) is 30.0. The van der Waals surface area contributed by atoms with E-state index in [0.29, 0.717) is 17.9 Å². The van der Waals surface area contributed by atoms with E-state index in [0.717, 1.165) is 42.9 Å². The molecular weight excluding hydrogens is 434 g/mol. The Kier molecular flexibility index (Phi) is 7.73. The van der Waals surface area contributed by atoms with Crippen molar-refractivity contribution in [1.82, 2.24) is 15.6 Å². The van der Waals surface area contributed by atoms with Crippen LogP contribution in [-0.2, 0) is 13.0 Å². The van der Waals surface area contributed by atoms with Gasteiger partial charge in [0.15, 0.2) is 0 Å². The van der Waals surface area contributed by atoms with Gasteiger partial charge in [0, 0.05) is 23.0 Å². The van der Waals surface area contributed by atoms with E-state index in [4.69, 9.17) is 4.74 Å². The first-order valence-corrected chi connectivity index (χ1v) is 12.3. The summed E-state index contributed by atoms with van der Waals surface area (Å²) in [6.07, 6.45) is 4.67. The largest absolute Gasteiger partial charge is 0.486 e. The fourth-order valence-corrected chi connectivity index (χ4v) is 4.69. The molecule has 1 aliphatic carbocycles. The molecule has 6 nitrogen and oxygen atoms in total. The van der Waals surface area contributed by atoms with Crippen LogP contribution in [0.15, 0.2) is 60.0 Å². The number of amides is 2. The molecule has 4 rings (SSSR count). The molecule has 2 aromatic carbocycles. The quantitative estimate of drug-likeness (QED) is 0.505. The molecule has 0 radical (unpaired) electrons. The Morgan fingerprint density at radius 3 is 2.30 bits per heavy atom. The van der Waals surface area contributed by atoms with Crippen molar-refractivity contribution in [3.8, 4) is 5.75 Å². The van der Waals surface area contributed by atoms with Crippen molar-refractivity contribution >= 4 is 23.2 Å². The third kappa shape index (κ3) is 6.20. The van der Waals surface area contributed by atoms with E-state index >= 15 is 0 Å². The second-order valence-electron chi connectivity index (χ2n) is 8.22. The van der Waals surface area contributed by atoms with Crippen LogP contribution >= 0.6 is 11.3 Å². The van der Waals surface area contributed by atoms with Crippen LogP contribution < -0.4 is 15.4 Å². The standard InChI is InChI=1S/C26H29N3O3S/c1-2-18-12-14-19(15-13-18)25(30)28-21-10-6-7-11-22(21)29-26(31)23-17-33-24(27-23)16-32-20-8-4-3-5-9-20/h3-5,8-9,12-15,17,21-22H,2,6-7,10-11,16H2,1H3,(H,28,30)(H,29,31)/t21-,22+/m0/s1. The molecule has 3 aromatic rings. The van der Waals surface area contributed by atoms with E-state index in [1.165, 1.54) is 16.9 Å². The van der Waals surface area contributed by atoms with Crippen LogP contribution in [0.5, 0.6) is 5.75 Å². The Balaban J connectivity index is 1.34. The Labute approximate surface area is 198 Å². The molecule has 1 aromatic heterocycles. The third-order valence-corrected chi connectivity index (χ3v) is 6.74. The van der Waals surface area contributed by atoms with Gasteiger partial charge in [-0.1, -0.05) is 50.1 Å². The minimum atomic E-state index is -0.212. The highest BCUT2D eigenvalue weighted by molar-refractivity contribution is 7.09. The van der Waals surface area contributed by atoms with E-state index in [9.17, 15) is 9.59 Å². The average Bonchev–Trinajstić information content (AvgIpc) is 3.34. The monoisotopic (exact) mass is 463 g/mol. The Hall–Kier alpha value is -3.19. The Morgan fingerprint density at radius 1 is 0.970 bits per heavy atom. The van der Waals surface area contributed by atoms with E-state index < -0.39 is 0 Å². The number of thiazole rings is 1. The van der Waals surface area contributed by atoms with E-state index in [-0.39, 0.29) is 23.9 Å². The first-order valence-electron chi connectivity index (χ1n) is 11.5. The number of aryl methyl sites for hydroxylation is 1. The van der Waals surface area contributed by atoms with E-state index in [2.05, 4.69) is 22.5 Å². The zero-order valence-corrected chi connectivity index (χ0v) is 19.6. The van der Waals surface area contributed by atoms with Crippen LogP contribution in [0.25, 0.3) is 0 Å². The second-order valence-corrected chi connectivity index (χ2v) is 9.17. The molecule has 0 spiro atoms. The zero-order chi connectivity index (χ0) is 23.0. The van der Waals surface area contributed by atoms with Gasteiger partial charge in [0.25, 0.3) is 11.8 Å². The number of carbonyl (C=O) groups is 2. The molecular formula is C26H29N3O3S. The molecule has 0 unspecified atom stereocenters. The van der Waals surface area contributed by atoms with Crippen LogP contribution in [0.2, 0.25) is 0 Å². The van der Waals surface area contributed by atoms with Crippen LogP contribution in [0.4, 0.5) is 0 Å². The number of hydrogen-bond acceptors (Lipinski definition) is 5. The summed E-state index contributed by atoms with van der Waals surface area (Å²) in [5.41, 5.74) is 2.23. The first-order chi connectivity index (χ1) is 16.1. The number of aromatic nitrogens is 1. The predicted molar refractivity (Wildman–Crippen MR) is 130 cm³/mol. The molecule has 1 fully saturated rings. The molecule has 2 N–H and O–H groups in total. The van der Waals surface area contributed by atoms with Crippen molar-refractivity contribution in [2.45, 2.75) is 57.7 Å². The third-order valence-electron chi connectivity index (χ3n) is 5.91. The predicted octanol–water partition coefficient (Wildman–Crippen LogP) is 4.76. The number of benzene rings is 2. The normalized spacial score (nSPS) is 17.8. The lowest BCUT2D eigenvalue weighted by Crippen LogP contribution is -2.53. The van der Waals surface area contributed by atoms with Gasteiger partial charge < -0.3 is 15.4 Å². The van der Waals surface area contributed by atoms with Crippen LogP contribution in [0, 0.1) is 0 Å². The molecule has 1 heterocycles. The van der Waals surface area contributed by atoms with Gasteiger partial charge >= 0.3 is 0 Å². The SMILES string of the molecule is CCc1ccc(C(=O)N[C@H]2CCCC[C@H]2NC(=O)c2csc(COc3ccccc3)n2)cc1. The zero-order valence-electron chi connectivity index (χ0n) is 18.8. The maximum Gasteiger partial charge on any atom is 0.271 e. The van der Waals surface area contributed by atoms with Gasteiger partial charge in [-0.15, -0.1) is 11.3 Å². The number of nitrogens with zero attached hydrogens (tertiary/aromatic N) is 1. The highest BCUT2D eigenvalue weighted by atomic mass is 32.1. The van der Waals surface area contributed by atoms with Crippen LogP contribution in [-0.4, -0.2) is 28.9 Å². The lowest BCUT2D eigenvalue weighted by atomic mass is 9.90. The minimum Gasteiger partial charge on any atom is -0.486 e. The van der Waals surface area contributed by atoms with E-state index in [1.807, 2.05) is 54.6 Å². The summed E-state index contributed by atoms with van der Waals surface area (Å²) in [5.74, 6) is 0.456. The fraction of sp³-hybridized carbons (Fsp3) is 0.346. The number of carbonyl (C=O) groups excluding carboxylic acids is 2. The average molecular weight is 464 g/mol. The molecule has 7 heteroatoms. The first kappa shape index (κ1) is 23.0. The molecule has 0 saturated heterocycles. The van der Waals surface area contributed by atoms with Gasteiger partial charge in [0.2, 0.25) is 0 Å². The summed E-state index contributed by atoms with van der Waals surface area (Å²) >= 11 is 1.40. The molecule has 1 aliphatic rings. The maximum absolute atomic E-state index is 12.9. The van der Waals surface area contributed by atoms with Gasteiger partial charge in [-0.05, 0) is 49.1 Å². The van der Waals surface area contributed by atoms with Crippen molar-refractivity contribution in [2.24, 2.45) is 0 Å². The Morgan fingerprint density at radius 2 is 1.64 bits per heavy atom. The van der Waals surface area contributed by atoms with Crippen molar-refractivity contribution < 1.29 is 14.3 Å². The molecule has 33 heavy (non-hydrogen) atoms. The highest BCUT2D eigenvalue weighted by Gasteiger charge is 2.29. The van der Waals surface area contributed by atoms with Crippen LogP contribution in [0.3, 0.4) is 0 Å². The molecule has 1 saturated carbocycles. The van der Waals surface area contributed by atoms with Crippen molar-refractivity contribution in [1.29, 1.82) is 0 Å². The highest BCUT2D eigenvalue weighted by Crippen LogP contribution is 2.21. The topological polar surface area (TPSA) is 80.3 Å². The van der Waals surface area contributed by atoms with Crippen molar-refractivity contribution in [2.75, 3.05) is 0 Å². The molecule has 0 bridgehead atoms. The number of para-hydroxylation sites is 1. The van der Waals surface area contributed by atoms with Crippen molar-refractivity contribution in [3.63, 3.8) is 0 Å². The summed E-state index contributed by atoms with van der Waals surface area (Å²) in [6.45, 7) is 2.41. The molecule has 2 amide bonds. The summed E-state index contributed by atoms with van der Waals surface area (Å²) in [5, 5.41) is 8.73. The van der Waals surface area contributed by atoms with Crippen molar-refractivity contribution in [3.05, 3.63) is 81.8 Å². The smallest absolute Gasteiger partial charge is 0.271 e. The van der Waals surface area contributed by atoms with Gasteiger partial charge in [-0.2, -0.15) is 0 Å². The summed E-state index contributed by atoms with van der Waals surface area (Å²) in [7, 11) is 0. The van der Waals surface area contributed by atoms with Crippen LogP contribution in [0.1, 0.15) is 64.0 Å². The fourth-order valence-electron chi connectivity index (χ4n) is 4.01. The molecule has 0 aliphatic heterocycles. The van der Waals surface area contributed by atoms with Gasteiger partial charge in [-0.3, -0.25) is 9.59 Å². The summed E-state index contributed by atoms with van der Waals surface area (Å²) < 4.78 is 5.72.